The predicted molar refractivity (Wildman–Crippen MR) is 228 cm³/mol. The van der Waals surface area contributed by atoms with Crippen molar-refractivity contribution in [2.24, 2.45) is 0 Å². The van der Waals surface area contributed by atoms with E-state index in [1.54, 1.807) is 0 Å². The number of rotatable bonds is 4. The second-order valence-corrected chi connectivity index (χ2v) is 14.3. The van der Waals surface area contributed by atoms with Crippen molar-refractivity contribution in [3.05, 3.63) is 188 Å². The molecule has 4 aromatic heterocycles. The summed E-state index contributed by atoms with van der Waals surface area (Å²) in [4.78, 5) is 10.5. The monoisotopic (exact) mass is 701 g/mol. The molecule has 0 unspecified atom stereocenters. The molecule has 0 radical (unpaired) electrons. The van der Waals surface area contributed by atoms with Crippen molar-refractivity contribution in [3.63, 3.8) is 0 Å². The lowest BCUT2D eigenvalue weighted by atomic mass is 10.0. The van der Waals surface area contributed by atoms with Gasteiger partial charge in [0.1, 0.15) is 5.65 Å². The second-order valence-electron chi connectivity index (χ2n) is 14.3. The number of aromatic nitrogens is 5. The molecule has 0 atom stereocenters. The maximum atomic E-state index is 5.38. The Morgan fingerprint density at radius 3 is 1.65 bits per heavy atom. The number of para-hydroxylation sites is 5. The quantitative estimate of drug-likeness (QED) is 0.183. The first-order chi connectivity index (χ1) is 27.3. The Morgan fingerprint density at radius 2 is 0.855 bits per heavy atom. The minimum Gasteiger partial charge on any atom is -0.309 e. The van der Waals surface area contributed by atoms with E-state index in [0.717, 1.165) is 55.8 Å². The zero-order valence-corrected chi connectivity index (χ0v) is 29.6. The number of imidazole rings is 1. The number of hydrogen-bond donors (Lipinski definition) is 0. The van der Waals surface area contributed by atoms with E-state index >= 15 is 0 Å². The average molecular weight is 702 g/mol. The van der Waals surface area contributed by atoms with Crippen LogP contribution in [0.1, 0.15) is 0 Å². The fourth-order valence-corrected chi connectivity index (χ4v) is 8.71. The van der Waals surface area contributed by atoms with Crippen LogP contribution in [0.15, 0.2) is 188 Å². The Labute approximate surface area is 315 Å². The molecule has 5 heteroatoms. The maximum Gasteiger partial charge on any atom is 0.221 e. The van der Waals surface area contributed by atoms with Gasteiger partial charge in [-0.2, -0.15) is 0 Å². The molecule has 0 saturated carbocycles. The van der Waals surface area contributed by atoms with E-state index in [4.69, 9.17) is 9.97 Å². The summed E-state index contributed by atoms with van der Waals surface area (Å²) in [5.41, 5.74) is 14.3. The Balaban J connectivity index is 1.07. The molecule has 0 amide bonds. The van der Waals surface area contributed by atoms with Crippen molar-refractivity contribution >= 4 is 71.2 Å². The summed E-state index contributed by atoms with van der Waals surface area (Å²) in [6.45, 7) is 0. The molecule has 0 aliphatic heterocycles. The van der Waals surface area contributed by atoms with Gasteiger partial charge < -0.3 is 4.57 Å². The smallest absolute Gasteiger partial charge is 0.221 e. The molecule has 0 aliphatic carbocycles. The van der Waals surface area contributed by atoms with Crippen molar-refractivity contribution < 1.29 is 0 Å². The zero-order valence-electron chi connectivity index (χ0n) is 29.6. The van der Waals surface area contributed by atoms with E-state index in [9.17, 15) is 0 Å². The maximum absolute atomic E-state index is 5.38. The van der Waals surface area contributed by atoms with Gasteiger partial charge in [-0.1, -0.05) is 121 Å². The second kappa shape index (κ2) is 11.5. The molecule has 8 aromatic carbocycles. The van der Waals surface area contributed by atoms with Crippen molar-refractivity contribution in [3.8, 4) is 33.9 Å². The molecule has 4 heterocycles. The van der Waals surface area contributed by atoms with Crippen LogP contribution in [0.25, 0.3) is 105 Å². The number of benzene rings is 8. The van der Waals surface area contributed by atoms with Crippen LogP contribution in [0.4, 0.5) is 0 Å². The predicted octanol–water partition coefficient (Wildman–Crippen LogP) is 12.6. The molecule has 0 spiro atoms. The van der Waals surface area contributed by atoms with Crippen molar-refractivity contribution in [1.29, 1.82) is 0 Å². The highest BCUT2D eigenvalue weighted by Gasteiger charge is 2.21. The van der Waals surface area contributed by atoms with Gasteiger partial charge in [0, 0.05) is 32.6 Å². The third kappa shape index (κ3) is 4.41. The van der Waals surface area contributed by atoms with Crippen molar-refractivity contribution in [2.75, 3.05) is 0 Å². The van der Waals surface area contributed by atoms with Crippen LogP contribution in [0.3, 0.4) is 0 Å². The highest BCUT2D eigenvalue weighted by atomic mass is 15.2. The van der Waals surface area contributed by atoms with E-state index in [0.29, 0.717) is 0 Å². The molecule has 12 rings (SSSR count). The number of nitrogens with zero attached hydrogens (tertiary/aromatic N) is 5. The first-order valence-corrected chi connectivity index (χ1v) is 18.7. The van der Waals surface area contributed by atoms with E-state index in [1.165, 1.54) is 49.3 Å². The molecular weight excluding hydrogens is 671 g/mol. The SMILES string of the molecule is c1ccc(-c2ccc(-n3c4ccccc4c4cc(-c5ccc6c7ccccc7n(-c7nc8ccccc8c8nc9ccccc9n78)c6c5)ccc43)cc2)cc1. The van der Waals surface area contributed by atoms with Crippen LogP contribution in [0.2, 0.25) is 0 Å². The van der Waals surface area contributed by atoms with Crippen LogP contribution in [-0.4, -0.2) is 23.5 Å². The first kappa shape index (κ1) is 30.0. The lowest BCUT2D eigenvalue weighted by Gasteiger charge is -2.13. The Kier molecular flexibility index (Phi) is 6.27. The zero-order chi connectivity index (χ0) is 36.0. The van der Waals surface area contributed by atoms with Gasteiger partial charge in [-0.05, 0) is 89.0 Å². The summed E-state index contributed by atoms with van der Waals surface area (Å²) in [5.74, 6) is 0.822. The molecule has 0 N–H and O–H groups in total. The molecular formula is C50H31N5. The molecule has 256 valence electrons. The molecule has 0 fully saturated rings. The summed E-state index contributed by atoms with van der Waals surface area (Å²) in [6.07, 6.45) is 0. The third-order valence-corrected chi connectivity index (χ3v) is 11.2. The highest BCUT2D eigenvalue weighted by Crippen LogP contribution is 2.39. The third-order valence-electron chi connectivity index (χ3n) is 11.2. The average Bonchev–Trinajstić information content (AvgIpc) is 3.92. The summed E-state index contributed by atoms with van der Waals surface area (Å²) in [5, 5.41) is 5.86. The molecule has 5 nitrogen and oxygen atoms in total. The Morgan fingerprint density at radius 1 is 0.309 bits per heavy atom. The van der Waals surface area contributed by atoms with E-state index < -0.39 is 0 Å². The van der Waals surface area contributed by atoms with Gasteiger partial charge >= 0.3 is 0 Å². The molecule has 55 heavy (non-hydrogen) atoms. The summed E-state index contributed by atoms with van der Waals surface area (Å²) >= 11 is 0. The van der Waals surface area contributed by atoms with E-state index in [1.807, 2.05) is 6.07 Å². The van der Waals surface area contributed by atoms with Gasteiger partial charge in [-0.15, -0.1) is 0 Å². The fourth-order valence-electron chi connectivity index (χ4n) is 8.71. The molecule has 0 bridgehead atoms. The molecule has 12 aromatic rings. The van der Waals surface area contributed by atoms with Crippen LogP contribution >= 0.6 is 0 Å². The first-order valence-electron chi connectivity index (χ1n) is 18.7. The highest BCUT2D eigenvalue weighted by molar-refractivity contribution is 6.12. The number of fused-ring (bicyclic) bond motifs is 11. The van der Waals surface area contributed by atoms with Gasteiger partial charge in [-0.25, -0.2) is 9.97 Å². The Bertz CT molecular complexity index is 3480. The standard InChI is InChI=1S/C50H31N5/c1-2-12-32(13-3-1)33-22-26-36(27-23-33)53-44-19-9-6-15-38(44)41-30-34(25-29-46(41)53)35-24-28-39-37-14-5-10-20-45(37)54(48(39)31-35)50-52-42-17-7-4-16-40(42)49-51-43-18-8-11-21-47(43)55(49)50/h1-31H. The van der Waals surface area contributed by atoms with E-state index in [2.05, 4.69) is 196 Å². The summed E-state index contributed by atoms with van der Waals surface area (Å²) in [6, 6.07) is 67.3. The van der Waals surface area contributed by atoms with Gasteiger partial charge in [0.05, 0.1) is 38.6 Å². The van der Waals surface area contributed by atoms with Crippen LogP contribution in [0.5, 0.6) is 0 Å². The van der Waals surface area contributed by atoms with Gasteiger partial charge in [0.15, 0.2) is 0 Å². The van der Waals surface area contributed by atoms with Crippen molar-refractivity contribution in [2.45, 2.75) is 0 Å². The van der Waals surface area contributed by atoms with Crippen molar-refractivity contribution in [1.82, 2.24) is 23.5 Å². The lowest BCUT2D eigenvalue weighted by Crippen LogP contribution is -2.06. The van der Waals surface area contributed by atoms with E-state index in [-0.39, 0.29) is 0 Å². The minimum atomic E-state index is 0.822. The summed E-state index contributed by atoms with van der Waals surface area (Å²) in [7, 11) is 0. The fraction of sp³-hybridized carbons (Fsp3) is 0. The van der Waals surface area contributed by atoms with Gasteiger partial charge in [0.25, 0.3) is 0 Å². The van der Waals surface area contributed by atoms with Gasteiger partial charge in [-0.3, -0.25) is 8.97 Å². The normalized spacial score (nSPS) is 12.0. The summed E-state index contributed by atoms with van der Waals surface area (Å²) < 4.78 is 6.94. The lowest BCUT2D eigenvalue weighted by molar-refractivity contribution is 0.979. The van der Waals surface area contributed by atoms with Crippen LogP contribution in [-0.2, 0) is 0 Å². The van der Waals surface area contributed by atoms with Crippen LogP contribution < -0.4 is 0 Å². The topological polar surface area (TPSA) is 40.0 Å². The Hall–Kier alpha value is -7.50. The number of hydrogen-bond acceptors (Lipinski definition) is 2. The largest absolute Gasteiger partial charge is 0.309 e. The molecule has 0 aliphatic rings. The minimum absolute atomic E-state index is 0.822. The molecule has 0 saturated heterocycles. The van der Waals surface area contributed by atoms with Gasteiger partial charge in [0.2, 0.25) is 5.95 Å². The van der Waals surface area contributed by atoms with Crippen LogP contribution in [0, 0.1) is 0 Å².